The highest BCUT2D eigenvalue weighted by Crippen LogP contribution is 2.35. The molecule has 3 aromatic carbocycles. The lowest BCUT2D eigenvalue weighted by molar-refractivity contribution is 0.102. The molecule has 1 aliphatic rings. The summed E-state index contributed by atoms with van der Waals surface area (Å²) in [6, 6.07) is 16.3. The number of anilines is 2. The monoisotopic (exact) mass is 476 g/mol. The first-order valence-electron chi connectivity index (χ1n) is 9.36. The molecule has 1 aliphatic heterocycles. The van der Waals surface area contributed by atoms with E-state index in [1.807, 2.05) is 18.2 Å². The van der Waals surface area contributed by atoms with Gasteiger partial charge in [0.1, 0.15) is 5.75 Å². The molecule has 0 aromatic heterocycles. The summed E-state index contributed by atoms with van der Waals surface area (Å²) in [4.78, 5) is 12.8. The highest BCUT2D eigenvalue weighted by atomic mass is 35.5. The molecule has 9 heteroatoms. The minimum atomic E-state index is -3.83. The van der Waals surface area contributed by atoms with Crippen molar-refractivity contribution in [1.82, 2.24) is 0 Å². The maximum Gasteiger partial charge on any atom is 0.264 e. The standard InChI is InChI=1S/C22H18Cl2N2O4S/c1-30-21-9-7-16(31(28,29)26-11-10-14-4-2-3-5-20(14)26)13-19(21)25-22(27)17-8-6-15(23)12-18(17)24/h2-9,12-13H,10-11H2,1H3,(H,25,27). The summed E-state index contributed by atoms with van der Waals surface area (Å²) in [6.45, 7) is 0.357. The van der Waals surface area contributed by atoms with Gasteiger partial charge in [0.15, 0.2) is 0 Å². The number of amides is 1. The van der Waals surface area contributed by atoms with Gasteiger partial charge >= 0.3 is 0 Å². The maximum absolute atomic E-state index is 13.3. The van der Waals surface area contributed by atoms with Crippen molar-refractivity contribution in [2.24, 2.45) is 0 Å². The van der Waals surface area contributed by atoms with Crippen molar-refractivity contribution < 1.29 is 17.9 Å². The molecule has 31 heavy (non-hydrogen) atoms. The van der Waals surface area contributed by atoms with E-state index in [2.05, 4.69) is 5.32 Å². The predicted octanol–water partition coefficient (Wildman–Crippen LogP) is 5.01. The van der Waals surface area contributed by atoms with Crippen molar-refractivity contribution in [3.8, 4) is 5.75 Å². The van der Waals surface area contributed by atoms with Gasteiger partial charge in [-0.2, -0.15) is 0 Å². The Morgan fingerprint density at radius 3 is 2.58 bits per heavy atom. The van der Waals surface area contributed by atoms with Crippen LogP contribution in [-0.2, 0) is 16.4 Å². The molecule has 0 fully saturated rings. The fourth-order valence-corrected chi connectivity index (χ4v) is 5.52. The van der Waals surface area contributed by atoms with Gasteiger partial charge in [-0.25, -0.2) is 8.42 Å². The van der Waals surface area contributed by atoms with E-state index in [1.54, 1.807) is 12.1 Å². The van der Waals surface area contributed by atoms with Crippen LogP contribution in [-0.4, -0.2) is 28.0 Å². The lowest BCUT2D eigenvalue weighted by atomic mass is 10.2. The third-order valence-corrected chi connectivity index (χ3v) is 7.38. The largest absolute Gasteiger partial charge is 0.495 e. The number of ether oxygens (including phenoxy) is 1. The van der Waals surface area contributed by atoms with Crippen molar-refractivity contribution in [2.75, 3.05) is 23.3 Å². The molecule has 160 valence electrons. The Morgan fingerprint density at radius 1 is 1.06 bits per heavy atom. The molecular formula is C22H18Cl2N2O4S. The first-order chi connectivity index (χ1) is 14.8. The van der Waals surface area contributed by atoms with E-state index in [4.69, 9.17) is 27.9 Å². The minimum Gasteiger partial charge on any atom is -0.495 e. The quantitative estimate of drug-likeness (QED) is 0.561. The average molecular weight is 477 g/mol. The van der Waals surface area contributed by atoms with Crippen molar-refractivity contribution >= 4 is 50.5 Å². The first-order valence-corrected chi connectivity index (χ1v) is 11.6. The van der Waals surface area contributed by atoms with Gasteiger partial charge in [-0.15, -0.1) is 0 Å². The molecule has 1 heterocycles. The molecule has 0 aliphatic carbocycles. The van der Waals surface area contributed by atoms with Gasteiger partial charge in [-0.1, -0.05) is 41.4 Å². The molecular weight excluding hydrogens is 459 g/mol. The molecule has 0 unspecified atom stereocenters. The number of nitrogens with zero attached hydrogens (tertiary/aromatic N) is 1. The summed E-state index contributed by atoms with van der Waals surface area (Å²) in [5.41, 5.74) is 2.06. The summed E-state index contributed by atoms with van der Waals surface area (Å²) in [6.07, 6.45) is 0.643. The Morgan fingerprint density at radius 2 is 1.84 bits per heavy atom. The van der Waals surface area contributed by atoms with Gasteiger partial charge in [0.25, 0.3) is 15.9 Å². The molecule has 0 spiro atoms. The maximum atomic E-state index is 13.3. The fourth-order valence-electron chi connectivity index (χ4n) is 3.49. The van der Waals surface area contributed by atoms with Crippen molar-refractivity contribution in [3.05, 3.63) is 81.8 Å². The van der Waals surface area contributed by atoms with Crippen LogP contribution in [0.3, 0.4) is 0 Å². The minimum absolute atomic E-state index is 0.0440. The Labute approximate surface area is 190 Å². The topological polar surface area (TPSA) is 75.7 Å². The van der Waals surface area contributed by atoms with Crippen LogP contribution in [0.2, 0.25) is 10.0 Å². The van der Waals surface area contributed by atoms with Gasteiger partial charge in [-0.05, 0) is 54.4 Å². The van der Waals surface area contributed by atoms with E-state index in [0.29, 0.717) is 29.4 Å². The number of carbonyl (C=O) groups is 1. The molecule has 1 amide bonds. The van der Waals surface area contributed by atoms with Gasteiger partial charge in [0, 0.05) is 11.6 Å². The number of sulfonamides is 1. The van der Waals surface area contributed by atoms with Crippen molar-refractivity contribution in [3.63, 3.8) is 0 Å². The third kappa shape index (κ3) is 4.08. The van der Waals surface area contributed by atoms with E-state index in [1.165, 1.54) is 41.7 Å². The molecule has 1 N–H and O–H groups in total. The van der Waals surface area contributed by atoms with E-state index in [0.717, 1.165) is 5.56 Å². The number of methoxy groups -OCH3 is 1. The number of hydrogen-bond donors (Lipinski definition) is 1. The molecule has 0 bridgehead atoms. The van der Waals surface area contributed by atoms with E-state index in [-0.39, 0.29) is 21.2 Å². The van der Waals surface area contributed by atoms with Crippen LogP contribution in [0.5, 0.6) is 5.75 Å². The Bertz CT molecular complexity index is 1280. The van der Waals surface area contributed by atoms with Crippen molar-refractivity contribution in [1.29, 1.82) is 0 Å². The zero-order valence-electron chi connectivity index (χ0n) is 16.4. The number of carbonyl (C=O) groups excluding carboxylic acids is 1. The van der Waals surface area contributed by atoms with E-state index >= 15 is 0 Å². The number of nitrogens with one attached hydrogen (secondary N) is 1. The highest BCUT2D eigenvalue weighted by Gasteiger charge is 2.31. The number of fused-ring (bicyclic) bond motifs is 1. The van der Waals surface area contributed by atoms with E-state index in [9.17, 15) is 13.2 Å². The fraction of sp³-hybridized carbons (Fsp3) is 0.136. The number of benzene rings is 3. The number of hydrogen-bond acceptors (Lipinski definition) is 4. The lowest BCUT2D eigenvalue weighted by Crippen LogP contribution is -2.29. The van der Waals surface area contributed by atoms with Gasteiger partial charge < -0.3 is 10.1 Å². The number of halogens is 2. The normalized spacial score (nSPS) is 13.1. The summed E-state index contributed by atoms with van der Waals surface area (Å²) in [7, 11) is -2.40. The predicted molar refractivity (Wildman–Crippen MR) is 122 cm³/mol. The second kappa shape index (κ2) is 8.42. The van der Waals surface area contributed by atoms with Gasteiger partial charge in [0.05, 0.1) is 34.0 Å². The highest BCUT2D eigenvalue weighted by molar-refractivity contribution is 7.92. The van der Waals surface area contributed by atoms with Gasteiger partial charge in [-0.3, -0.25) is 9.10 Å². The van der Waals surface area contributed by atoms with E-state index < -0.39 is 15.9 Å². The summed E-state index contributed by atoms with van der Waals surface area (Å²) in [5.74, 6) is -0.194. The van der Waals surface area contributed by atoms with Crippen LogP contribution in [0.4, 0.5) is 11.4 Å². The summed E-state index contributed by atoms with van der Waals surface area (Å²) < 4.78 is 33.4. The number of rotatable bonds is 5. The van der Waals surface area contributed by atoms with Crippen LogP contribution in [0.1, 0.15) is 15.9 Å². The summed E-state index contributed by atoms with van der Waals surface area (Å²) in [5, 5.41) is 3.27. The smallest absolute Gasteiger partial charge is 0.264 e. The molecule has 6 nitrogen and oxygen atoms in total. The SMILES string of the molecule is COc1ccc(S(=O)(=O)N2CCc3ccccc32)cc1NC(=O)c1ccc(Cl)cc1Cl. The molecule has 0 saturated heterocycles. The first kappa shape index (κ1) is 21.5. The van der Waals surface area contributed by atoms with Crippen LogP contribution >= 0.6 is 23.2 Å². The third-order valence-electron chi connectivity index (χ3n) is 5.03. The Kier molecular flexibility index (Phi) is 5.83. The molecule has 0 radical (unpaired) electrons. The van der Waals surface area contributed by atoms with Crippen LogP contribution in [0.25, 0.3) is 0 Å². The zero-order valence-corrected chi connectivity index (χ0v) is 18.8. The molecule has 3 aromatic rings. The lowest BCUT2D eigenvalue weighted by Gasteiger charge is -2.20. The molecule has 0 atom stereocenters. The molecule has 0 saturated carbocycles. The van der Waals surface area contributed by atoms with Crippen molar-refractivity contribution in [2.45, 2.75) is 11.3 Å². The summed E-state index contributed by atoms with van der Waals surface area (Å²) >= 11 is 12.0. The van der Waals surface area contributed by atoms with Crippen LogP contribution in [0, 0.1) is 0 Å². The molecule has 4 rings (SSSR count). The average Bonchev–Trinajstić information content (AvgIpc) is 3.18. The Hall–Kier alpha value is -2.74. The Balaban J connectivity index is 1.69. The van der Waals surface area contributed by atoms with Crippen LogP contribution in [0.15, 0.2) is 65.6 Å². The second-order valence-electron chi connectivity index (χ2n) is 6.90. The zero-order chi connectivity index (χ0) is 22.2. The van der Waals surface area contributed by atoms with Crippen LogP contribution < -0.4 is 14.4 Å². The van der Waals surface area contributed by atoms with Gasteiger partial charge in [0.2, 0.25) is 0 Å². The number of para-hydroxylation sites is 1. The second-order valence-corrected chi connectivity index (χ2v) is 9.60.